The lowest BCUT2D eigenvalue weighted by Crippen LogP contribution is -2.43. The molecule has 1 saturated heterocycles. The first-order valence-corrected chi connectivity index (χ1v) is 9.35. The largest absolute Gasteiger partial charge is 0.363 e. The summed E-state index contributed by atoms with van der Waals surface area (Å²) in [5, 5.41) is 14.7. The van der Waals surface area contributed by atoms with Gasteiger partial charge in [-0.05, 0) is 25.8 Å². The van der Waals surface area contributed by atoms with Crippen molar-refractivity contribution in [3.05, 3.63) is 42.2 Å². The highest BCUT2D eigenvalue weighted by molar-refractivity contribution is 5.93. The van der Waals surface area contributed by atoms with Crippen LogP contribution in [0.4, 0.5) is 17.6 Å². The predicted molar refractivity (Wildman–Crippen MR) is 109 cm³/mol. The minimum atomic E-state index is 0.276. The summed E-state index contributed by atoms with van der Waals surface area (Å²) in [6.07, 6.45) is 3.97. The van der Waals surface area contributed by atoms with Crippen LogP contribution < -0.4 is 15.1 Å². The van der Waals surface area contributed by atoms with E-state index in [1.807, 2.05) is 32.0 Å². The van der Waals surface area contributed by atoms with Crippen LogP contribution in [0, 0.1) is 6.92 Å². The van der Waals surface area contributed by atoms with Gasteiger partial charge in [-0.3, -0.25) is 0 Å². The Hall–Kier alpha value is -2.96. The van der Waals surface area contributed by atoms with Gasteiger partial charge in [-0.2, -0.15) is 10.1 Å². The molecule has 0 bridgehead atoms. The monoisotopic (exact) mass is 363 g/mol. The van der Waals surface area contributed by atoms with E-state index in [1.54, 1.807) is 6.20 Å². The molecule has 3 aromatic rings. The summed E-state index contributed by atoms with van der Waals surface area (Å²) in [6, 6.07) is 10.5. The van der Waals surface area contributed by atoms with Gasteiger partial charge >= 0.3 is 0 Å². The molecule has 0 radical (unpaired) electrons. The van der Waals surface area contributed by atoms with Gasteiger partial charge in [0, 0.05) is 50.2 Å². The molecule has 1 aromatic carbocycles. The molecule has 1 N–H and O–H groups in total. The molecule has 4 rings (SSSR count). The summed E-state index contributed by atoms with van der Waals surface area (Å²) in [4.78, 5) is 13.3. The lowest BCUT2D eigenvalue weighted by atomic mass is 10.0. The fraction of sp³-hybridized carbons (Fsp3) is 0.400. The maximum absolute atomic E-state index is 4.58. The van der Waals surface area contributed by atoms with Crippen LogP contribution in [0.25, 0.3) is 10.8 Å². The Morgan fingerprint density at radius 1 is 1.11 bits per heavy atom. The number of piperidine rings is 1. The number of hydrogen-bond donors (Lipinski definition) is 1. The van der Waals surface area contributed by atoms with Crippen molar-refractivity contribution >= 4 is 28.4 Å². The molecule has 1 atom stereocenters. The number of aryl methyl sites for hydroxylation is 1. The molecule has 2 aromatic heterocycles. The van der Waals surface area contributed by atoms with E-state index in [0.717, 1.165) is 48.6 Å². The van der Waals surface area contributed by atoms with E-state index in [9.17, 15) is 0 Å². The van der Waals surface area contributed by atoms with Gasteiger partial charge in [-0.1, -0.05) is 24.3 Å². The summed E-state index contributed by atoms with van der Waals surface area (Å²) in [6.45, 7) is 3.85. The van der Waals surface area contributed by atoms with Crippen molar-refractivity contribution in [1.82, 2.24) is 20.2 Å². The van der Waals surface area contributed by atoms with Crippen LogP contribution in [-0.2, 0) is 0 Å². The van der Waals surface area contributed by atoms with Gasteiger partial charge in [0.05, 0.1) is 5.69 Å². The molecular weight excluding hydrogens is 338 g/mol. The van der Waals surface area contributed by atoms with E-state index in [4.69, 9.17) is 0 Å². The van der Waals surface area contributed by atoms with Gasteiger partial charge in [0.15, 0.2) is 5.82 Å². The number of benzene rings is 1. The lowest BCUT2D eigenvalue weighted by molar-refractivity contribution is 0.524. The van der Waals surface area contributed by atoms with Gasteiger partial charge in [0.25, 0.3) is 0 Å². The summed E-state index contributed by atoms with van der Waals surface area (Å²) >= 11 is 0. The second-order valence-electron chi connectivity index (χ2n) is 7.22. The average Bonchev–Trinajstić information content (AvgIpc) is 2.69. The fourth-order valence-electron chi connectivity index (χ4n) is 3.59. The highest BCUT2D eigenvalue weighted by Crippen LogP contribution is 2.28. The highest BCUT2D eigenvalue weighted by atomic mass is 15.3. The van der Waals surface area contributed by atoms with Crippen LogP contribution in [0.3, 0.4) is 0 Å². The van der Waals surface area contributed by atoms with Gasteiger partial charge < -0.3 is 15.1 Å². The molecule has 1 unspecified atom stereocenters. The molecule has 0 amide bonds. The third kappa shape index (κ3) is 3.63. The number of fused-ring (bicyclic) bond motifs is 1. The molecule has 0 spiro atoms. The molecular formula is C20H25N7. The van der Waals surface area contributed by atoms with Crippen LogP contribution in [0.2, 0.25) is 0 Å². The molecule has 140 valence electrons. The van der Waals surface area contributed by atoms with E-state index in [0.29, 0.717) is 5.95 Å². The third-order valence-corrected chi connectivity index (χ3v) is 5.01. The zero-order chi connectivity index (χ0) is 18.8. The van der Waals surface area contributed by atoms with Gasteiger partial charge in [0.2, 0.25) is 5.95 Å². The van der Waals surface area contributed by atoms with Crippen molar-refractivity contribution in [3.8, 4) is 0 Å². The maximum Gasteiger partial charge on any atom is 0.224 e. The summed E-state index contributed by atoms with van der Waals surface area (Å²) < 4.78 is 0. The first-order valence-electron chi connectivity index (χ1n) is 9.35. The molecule has 0 aliphatic carbocycles. The topological polar surface area (TPSA) is 70.1 Å². The van der Waals surface area contributed by atoms with Gasteiger partial charge in [-0.15, -0.1) is 5.10 Å². The van der Waals surface area contributed by atoms with E-state index >= 15 is 0 Å². The summed E-state index contributed by atoms with van der Waals surface area (Å²) in [5.41, 5.74) is 0.968. The van der Waals surface area contributed by atoms with E-state index in [2.05, 4.69) is 54.6 Å². The number of anilines is 3. The first kappa shape index (κ1) is 17.5. The molecule has 7 heteroatoms. The molecule has 1 aliphatic rings. The minimum absolute atomic E-state index is 0.276. The van der Waals surface area contributed by atoms with Crippen molar-refractivity contribution in [1.29, 1.82) is 0 Å². The third-order valence-electron chi connectivity index (χ3n) is 5.01. The molecule has 0 saturated carbocycles. The van der Waals surface area contributed by atoms with E-state index in [-0.39, 0.29) is 6.04 Å². The van der Waals surface area contributed by atoms with Crippen LogP contribution in [0.15, 0.2) is 36.5 Å². The summed E-state index contributed by atoms with van der Waals surface area (Å²) in [7, 11) is 3.96. The highest BCUT2D eigenvalue weighted by Gasteiger charge is 2.23. The number of nitrogens with one attached hydrogen (secondary N) is 1. The van der Waals surface area contributed by atoms with E-state index in [1.165, 1.54) is 5.39 Å². The molecule has 7 nitrogen and oxygen atoms in total. The second kappa shape index (κ2) is 7.34. The zero-order valence-corrected chi connectivity index (χ0v) is 16.1. The number of aromatic nitrogens is 4. The van der Waals surface area contributed by atoms with Gasteiger partial charge in [0.1, 0.15) is 5.82 Å². The molecule has 1 aliphatic heterocycles. The number of nitrogens with zero attached hydrogens (tertiary/aromatic N) is 6. The number of hydrogen-bond acceptors (Lipinski definition) is 7. The lowest BCUT2D eigenvalue weighted by Gasteiger charge is -2.34. The second-order valence-corrected chi connectivity index (χ2v) is 7.22. The Morgan fingerprint density at radius 3 is 2.74 bits per heavy atom. The number of rotatable bonds is 4. The van der Waals surface area contributed by atoms with E-state index < -0.39 is 0 Å². The Bertz CT molecular complexity index is 941. The van der Waals surface area contributed by atoms with Crippen molar-refractivity contribution in [2.45, 2.75) is 25.8 Å². The van der Waals surface area contributed by atoms with Crippen molar-refractivity contribution in [2.24, 2.45) is 0 Å². The molecule has 3 heterocycles. The van der Waals surface area contributed by atoms with Crippen LogP contribution >= 0.6 is 0 Å². The van der Waals surface area contributed by atoms with Gasteiger partial charge in [-0.25, -0.2) is 4.98 Å². The first-order chi connectivity index (χ1) is 13.1. The Balaban J connectivity index is 1.55. The maximum atomic E-state index is 4.58. The quantitative estimate of drug-likeness (QED) is 0.764. The smallest absolute Gasteiger partial charge is 0.224 e. The molecule has 1 fully saturated rings. The SMILES string of the molecule is Cc1nnc(N2CCCC(Nc3nccc(N(C)C)n3)C2)c2ccccc12. The standard InChI is InChI=1S/C20H25N7/c1-14-16-8-4-5-9-17(16)19(25-24-14)27-12-6-7-15(13-27)22-20-21-11-10-18(23-20)26(2)3/h4-5,8-11,15H,6-7,12-13H2,1-3H3,(H,21,22,23). The Morgan fingerprint density at radius 2 is 1.93 bits per heavy atom. The zero-order valence-electron chi connectivity index (χ0n) is 16.1. The van der Waals surface area contributed by atoms with Crippen LogP contribution in [0.1, 0.15) is 18.5 Å². The van der Waals surface area contributed by atoms with Crippen molar-refractivity contribution in [2.75, 3.05) is 42.3 Å². The minimum Gasteiger partial charge on any atom is -0.363 e. The normalized spacial score (nSPS) is 17.1. The molecule has 27 heavy (non-hydrogen) atoms. The average molecular weight is 363 g/mol. The summed E-state index contributed by atoms with van der Waals surface area (Å²) in [5.74, 6) is 2.54. The van der Waals surface area contributed by atoms with Crippen LogP contribution in [0.5, 0.6) is 0 Å². The van der Waals surface area contributed by atoms with Crippen LogP contribution in [-0.4, -0.2) is 53.4 Å². The predicted octanol–water partition coefficient (Wildman–Crippen LogP) is 2.88. The Kier molecular flexibility index (Phi) is 4.75. The Labute approximate surface area is 159 Å². The van der Waals surface area contributed by atoms with Crippen molar-refractivity contribution in [3.63, 3.8) is 0 Å². The van der Waals surface area contributed by atoms with Crippen molar-refractivity contribution < 1.29 is 0 Å². The fourth-order valence-corrected chi connectivity index (χ4v) is 3.59.